The summed E-state index contributed by atoms with van der Waals surface area (Å²) in [5, 5.41) is 15.6. The van der Waals surface area contributed by atoms with Crippen LogP contribution in [-0.4, -0.2) is 53.6 Å². The molecule has 6 nitrogen and oxygen atoms in total. The van der Waals surface area contributed by atoms with Crippen molar-refractivity contribution in [3.8, 4) is 5.75 Å². The zero-order valence-electron chi connectivity index (χ0n) is 21.9. The number of nitrogens with zero attached hydrogens (tertiary/aromatic N) is 2. The van der Waals surface area contributed by atoms with Crippen molar-refractivity contribution in [1.29, 1.82) is 0 Å². The summed E-state index contributed by atoms with van der Waals surface area (Å²) in [6, 6.07) is 4.44. The number of benzene rings is 1. The van der Waals surface area contributed by atoms with Gasteiger partial charge in [-0.25, -0.2) is 0 Å². The molecule has 5 fully saturated rings. The molecule has 1 aromatic carbocycles. The van der Waals surface area contributed by atoms with Crippen molar-refractivity contribution < 1.29 is 14.6 Å². The van der Waals surface area contributed by atoms with Crippen molar-refractivity contribution in [2.75, 3.05) is 20.2 Å². The molecule has 1 N–H and O–H groups in total. The molecule has 0 unspecified atom stereocenters. The summed E-state index contributed by atoms with van der Waals surface area (Å²) in [4.78, 5) is 14.7. The fourth-order valence-corrected chi connectivity index (χ4v) is 9.65. The maximum absolute atomic E-state index is 12.2. The molecule has 4 bridgehead atoms. The number of nitroso groups, excluding NO2 is 1. The number of hydrogen-bond acceptors (Lipinski definition) is 6. The number of ether oxygens (including phenoxy) is 2. The SMILES string of the molecule is CO[C@@]12CC[C@@]3(C[C@@H]1[C@](C)(O)C(C)(C)C)[C@H]1Cc4ccc(N=O)c5c4[C@@]3(CCN1CC1CC1)[C@H]2O5. The highest BCUT2D eigenvalue weighted by Crippen LogP contribution is 2.78. The van der Waals surface area contributed by atoms with Gasteiger partial charge in [-0.05, 0) is 86.6 Å². The van der Waals surface area contributed by atoms with Crippen molar-refractivity contribution >= 4 is 5.69 Å². The minimum Gasteiger partial charge on any atom is -0.484 e. The van der Waals surface area contributed by atoms with Crippen LogP contribution in [0.4, 0.5) is 5.69 Å². The number of piperidine rings is 1. The second-order valence-electron chi connectivity index (χ2n) is 13.9. The van der Waals surface area contributed by atoms with Crippen LogP contribution in [0, 0.1) is 27.6 Å². The molecule has 4 saturated carbocycles. The van der Waals surface area contributed by atoms with Gasteiger partial charge in [-0.2, -0.15) is 0 Å². The molecule has 1 saturated heterocycles. The number of fused-ring (bicyclic) bond motifs is 2. The van der Waals surface area contributed by atoms with Crippen LogP contribution in [0.3, 0.4) is 0 Å². The number of hydrogen-bond donors (Lipinski definition) is 1. The molecule has 2 heterocycles. The summed E-state index contributed by atoms with van der Waals surface area (Å²) in [6.45, 7) is 10.7. The molecule has 2 spiro atoms. The minimum absolute atomic E-state index is 0.00471. The number of rotatable bonds is 5. The lowest BCUT2D eigenvalue weighted by atomic mass is 9.33. The molecule has 7 atom stereocenters. The maximum Gasteiger partial charge on any atom is 0.153 e. The molecular weight excluding hydrogens is 440 g/mol. The highest BCUT2D eigenvalue weighted by Gasteiger charge is 2.82. The summed E-state index contributed by atoms with van der Waals surface area (Å²) in [7, 11) is 1.81. The van der Waals surface area contributed by atoms with Crippen LogP contribution in [0.25, 0.3) is 0 Å². The first-order valence-corrected chi connectivity index (χ1v) is 13.7. The predicted octanol–water partition coefficient (Wildman–Crippen LogP) is 5.11. The highest BCUT2D eigenvalue weighted by atomic mass is 16.6. The molecule has 2 aliphatic heterocycles. The minimum atomic E-state index is -0.933. The first-order valence-electron chi connectivity index (χ1n) is 13.7. The monoisotopic (exact) mass is 480 g/mol. The molecule has 0 radical (unpaired) electrons. The zero-order chi connectivity index (χ0) is 24.6. The van der Waals surface area contributed by atoms with Gasteiger partial charge in [-0.3, -0.25) is 4.90 Å². The van der Waals surface area contributed by atoms with E-state index in [0.29, 0.717) is 17.5 Å². The van der Waals surface area contributed by atoms with Crippen molar-refractivity contribution in [2.45, 2.75) is 101 Å². The second kappa shape index (κ2) is 6.68. The summed E-state index contributed by atoms with van der Waals surface area (Å²) in [5.74, 6) is 1.49. The lowest BCUT2D eigenvalue weighted by molar-refractivity contribution is -0.312. The standard InChI is InChI=1S/C29H40N2O4/c1-25(2,3)26(4,32)20-15-27-10-11-29(20,34-5)24-28(27)12-13-31(16-17-6-7-17)21(27)14-18-8-9-19(30-33)23(35-24)22(18)28/h8-9,17,20-21,24,32H,6-7,10-16H2,1-5H3/t20-,21-,24-,26+,27-,28+,29+/m1/s1. The highest BCUT2D eigenvalue weighted by molar-refractivity contribution is 5.68. The maximum atomic E-state index is 12.2. The Morgan fingerprint density at radius 3 is 2.63 bits per heavy atom. The summed E-state index contributed by atoms with van der Waals surface area (Å²) in [6.07, 6.45) is 7.44. The van der Waals surface area contributed by atoms with E-state index in [1.54, 1.807) is 0 Å². The quantitative estimate of drug-likeness (QED) is 0.593. The second-order valence-corrected chi connectivity index (χ2v) is 13.9. The third-order valence-corrected chi connectivity index (χ3v) is 12.0. The molecule has 0 aromatic heterocycles. The number of likely N-dealkylation sites (tertiary alicyclic amines) is 1. The van der Waals surface area contributed by atoms with E-state index in [0.717, 1.165) is 44.6 Å². The largest absolute Gasteiger partial charge is 0.484 e. The molecule has 190 valence electrons. The van der Waals surface area contributed by atoms with Crippen LogP contribution in [0.1, 0.15) is 77.3 Å². The van der Waals surface area contributed by atoms with Crippen molar-refractivity contribution in [1.82, 2.24) is 4.90 Å². The van der Waals surface area contributed by atoms with Crippen molar-refractivity contribution in [2.24, 2.45) is 27.8 Å². The van der Waals surface area contributed by atoms with Gasteiger partial charge in [0.1, 0.15) is 17.4 Å². The van der Waals surface area contributed by atoms with E-state index >= 15 is 0 Å². The van der Waals surface area contributed by atoms with Gasteiger partial charge in [-0.15, -0.1) is 4.91 Å². The topological polar surface area (TPSA) is 71.4 Å². The van der Waals surface area contributed by atoms with Gasteiger partial charge in [0.05, 0.1) is 5.60 Å². The van der Waals surface area contributed by atoms with E-state index in [1.165, 1.54) is 30.5 Å². The lowest BCUT2D eigenvalue weighted by Crippen LogP contribution is -2.83. The third-order valence-electron chi connectivity index (χ3n) is 12.0. The molecule has 7 aliphatic rings. The molecule has 5 aliphatic carbocycles. The Labute approximate surface area is 208 Å². The van der Waals surface area contributed by atoms with Gasteiger partial charge in [0.2, 0.25) is 0 Å². The van der Waals surface area contributed by atoms with E-state index in [1.807, 2.05) is 20.1 Å². The van der Waals surface area contributed by atoms with Gasteiger partial charge >= 0.3 is 0 Å². The van der Waals surface area contributed by atoms with Gasteiger partial charge in [0.15, 0.2) is 5.75 Å². The zero-order valence-corrected chi connectivity index (χ0v) is 21.9. The Balaban J connectivity index is 1.48. The Kier molecular flexibility index (Phi) is 4.33. The van der Waals surface area contributed by atoms with Crippen LogP contribution in [-0.2, 0) is 16.6 Å². The van der Waals surface area contributed by atoms with Crippen molar-refractivity contribution in [3.63, 3.8) is 0 Å². The summed E-state index contributed by atoms with van der Waals surface area (Å²) in [5.41, 5.74) is 0.999. The Bertz CT molecular complexity index is 1110. The first kappa shape index (κ1) is 22.7. The van der Waals surface area contributed by atoms with E-state index in [2.05, 4.69) is 36.9 Å². The molecule has 6 heteroatoms. The van der Waals surface area contributed by atoms with Gasteiger partial charge in [0, 0.05) is 42.0 Å². The Morgan fingerprint density at radius 2 is 1.97 bits per heavy atom. The van der Waals surface area contributed by atoms with Crippen LogP contribution in [0.5, 0.6) is 5.75 Å². The molecule has 35 heavy (non-hydrogen) atoms. The van der Waals surface area contributed by atoms with E-state index in [-0.39, 0.29) is 28.3 Å². The van der Waals surface area contributed by atoms with E-state index in [4.69, 9.17) is 9.47 Å². The van der Waals surface area contributed by atoms with Crippen LogP contribution >= 0.6 is 0 Å². The number of aliphatic hydroxyl groups is 1. The Hall–Kier alpha value is -1.50. The van der Waals surface area contributed by atoms with Crippen LogP contribution < -0.4 is 4.74 Å². The van der Waals surface area contributed by atoms with Gasteiger partial charge in [-0.1, -0.05) is 26.8 Å². The normalized spacial score (nSPS) is 42.9. The average Bonchev–Trinajstić information content (AvgIpc) is 3.56. The van der Waals surface area contributed by atoms with Crippen molar-refractivity contribution in [3.05, 3.63) is 28.2 Å². The van der Waals surface area contributed by atoms with E-state index < -0.39 is 11.2 Å². The number of methoxy groups -OCH3 is 1. The predicted molar refractivity (Wildman–Crippen MR) is 134 cm³/mol. The van der Waals surface area contributed by atoms with Gasteiger partial charge < -0.3 is 14.6 Å². The summed E-state index contributed by atoms with van der Waals surface area (Å²) < 4.78 is 13.5. The molecule has 8 rings (SSSR count). The molecule has 0 amide bonds. The Morgan fingerprint density at radius 1 is 1.20 bits per heavy atom. The van der Waals surface area contributed by atoms with Crippen LogP contribution in [0.15, 0.2) is 17.3 Å². The van der Waals surface area contributed by atoms with Crippen LogP contribution in [0.2, 0.25) is 0 Å². The fourth-order valence-electron chi connectivity index (χ4n) is 9.65. The smallest absolute Gasteiger partial charge is 0.153 e. The van der Waals surface area contributed by atoms with E-state index in [9.17, 15) is 10.0 Å². The third kappa shape index (κ3) is 2.43. The van der Waals surface area contributed by atoms with Gasteiger partial charge in [0.25, 0.3) is 0 Å². The first-order chi connectivity index (χ1) is 16.6. The molecule has 1 aromatic rings. The molecular formula is C29H40N2O4. The fraction of sp³-hybridized carbons (Fsp3) is 0.793. The lowest BCUT2D eigenvalue weighted by Gasteiger charge is -2.75. The summed E-state index contributed by atoms with van der Waals surface area (Å²) >= 11 is 0. The average molecular weight is 481 g/mol.